The number of hydrogen-bond donors (Lipinski definition) is 2. The Balaban J connectivity index is 2.78. The molecule has 1 aromatic rings. The number of nitrogens with one attached hydrogen (secondary N) is 1. The smallest absolute Gasteiger partial charge is 0.326 e. The zero-order chi connectivity index (χ0) is 14.4. The maximum atomic E-state index is 13.2. The zero-order valence-electron chi connectivity index (χ0n) is 10.8. The Labute approximate surface area is 115 Å². The Morgan fingerprint density at radius 2 is 2.11 bits per heavy atom. The first-order chi connectivity index (χ1) is 8.93. The molecule has 6 heteroatoms. The number of aryl methyl sites for hydroxylation is 1. The molecule has 104 valence electrons. The number of thioether (sulfide) groups is 1. The monoisotopic (exact) mass is 285 g/mol. The molecule has 4 nitrogen and oxygen atoms in total. The van der Waals surface area contributed by atoms with Crippen LogP contribution >= 0.6 is 11.8 Å². The van der Waals surface area contributed by atoms with E-state index in [1.807, 2.05) is 6.26 Å². The van der Waals surface area contributed by atoms with Crippen LogP contribution in [0.15, 0.2) is 18.2 Å². The van der Waals surface area contributed by atoms with E-state index in [0.717, 1.165) is 6.07 Å². The van der Waals surface area contributed by atoms with Gasteiger partial charge >= 0.3 is 5.97 Å². The highest BCUT2D eigenvalue weighted by Crippen LogP contribution is 2.09. The number of amides is 1. The standard InChI is InChI=1S/C13H16FNO3S/c1-8-5-9(7-10(14)6-8)12(16)15-11(13(17)18)3-4-19-2/h5-7,11H,3-4H2,1-2H3,(H,15,16)(H,17,18)/t11-/m1/s1. The summed E-state index contributed by atoms with van der Waals surface area (Å²) in [5.74, 6) is -1.55. The number of carbonyl (C=O) groups is 2. The average Bonchev–Trinajstić information content (AvgIpc) is 2.32. The first-order valence-electron chi connectivity index (χ1n) is 5.74. The fourth-order valence-corrected chi connectivity index (χ4v) is 2.07. The molecule has 1 aromatic carbocycles. The van der Waals surface area contributed by atoms with Crippen LogP contribution in [0.4, 0.5) is 4.39 Å². The maximum absolute atomic E-state index is 13.2. The summed E-state index contributed by atoms with van der Waals surface area (Å²) < 4.78 is 13.2. The number of rotatable bonds is 6. The molecular weight excluding hydrogens is 269 g/mol. The van der Waals surface area contributed by atoms with Crippen molar-refractivity contribution in [2.45, 2.75) is 19.4 Å². The van der Waals surface area contributed by atoms with Gasteiger partial charge in [-0.05, 0) is 49.1 Å². The summed E-state index contributed by atoms with van der Waals surface area (Å²) in [4.78, 5) is 22.9. The number of carboxylic acid groups (broad SMARTS) is 1. The summed E-state index contributed by atoms with van der Waals surface area (Å²) in [6, 6.07) is 2.96. The second kappa shape index (κ2) is 7.13. The molecule has 1 amide bonds. The molecule has 0 spiro atoms. The lowest BCUT2D eigenvalue weighted by Crippen LogP contribution is -2.41. The van der Waals surface area contributed by atoms with Gasteiger partial charge in [0.2, 0.25) is 0 Å². The van der Waals surface area contributed by atoms with Crippen molar-refractivity contribution in [2.75, 3.05) is 12.0 Å². The predicted octanol–water partition coefficient (Wildman–Crippen LogP) is 2.07. The van der Waals surface area contributed by atoms with Crippen LogP contribution in [0, 0.1) is 12.7 Å². The van der Waals surface area contributed by atoms with Crippen molar-refractivity contribution in [2.24, 2.45) is 0 Å². The van der Waals surface area contributed by atoms with Gasteiger partial charge in [0, 0.05) is 5.56 Å². The van der Waals surface area contributed by atoms with Gasteiger partial charge in [-0.1, -0.05) is 0 Å². The number of aliphatic carboxylic acids is 1. The van der Waals surface area contributed by atoms with E-state index in [4.69, 9.17) is 5.11 Å². The van der Waals surface area contributed by atoms with Crippen LogP contribution in [0.25, 0.3) is 0 Å². The third kappa shape index (κ3) is 4.90. The quantitative estimate of drug-likeness (QED) is 0.839. The first kappa shape index (κ1) is 15.5. The van der Waals surface area contributed by atoms with Crippen LogP contribution < -0.4 is 5.32 Å². The molecule has 0 heterocycles. The summed E-state index contributed by atoms with van der Waals surface area (Å²) in [6.45, 7) is 1.67. The molecular formula is C13H16FNO3S. The highest BCUT2D eigenvalue weighted by Gasteiger charge is 2.20. The van der Waals surface area contributed by atoms with E-state index < -0.39 is 23.7 Å². The Morgan fingerprint density at radius 3 is 2.63 bits per heavy atom. The third-order valence-electron chi connectivity index (χ3n) is 2.52. The Bertz CT molecular complexity index is 459. The molecule has 1 rings (SSSR count). The number of hydrogen-bond acceptors (Lipinski definition) is 3. The van der Waals surface area contributed by atoms with Crippen LogP contribution in [0.5, 0.6) is 0 Å². The predicted molar refractivity (Wildman–Crippen MR) is 73.0 cm³/mol. The van der Waals surface area contributed by atoms with Crippen LogP contribution in [-0.4, -0.2) is 35.0 Å². The molecule has 2 N–H and O–H groups in total. The Kier molecular flexibility index (Phi) is 5.82. The van der Waals surface area contributed by atoms with E-state index in [0.29, 0.717) is 17.7 Å². The molecule has 0 bridgehead atoms. The highest BCUT2D eigenvalue weighted by molar-refractivity contribution is 7.98. The van der Waals surface area contributed by atoms with Crippen molar-refractivity contribution in [1.29, 1.82) is 0 Å². The molecule has 0 aromatic heterocycles. The molecule has 0 aliphatic carbocycles. The SMILES string of the molecule is CSCC[C@@H](NC(=O)c1cc(C)cc(F)c1)C(=O)O. The van der Waals surface area contributed by atoms with Crippen molar-refractivity contribution in [1.82, 2.24) is 5.32 Å². The second-order valence-electron chi connectivity index (χ2n) is 4.16. The number of carboxylic acids is 1. The number of benzene rings is 1. The molecule has 19 heavy (non-hydrogen) atoms. The summed E-state index contributed by atoms with van der Waals surface area (Å²) in [5.41, 5.74) is 0.744. The van der Waals surface area contributed by atoms with Gasteiger partial charge in [0.05, 0.1) is 0 Å². The van der Waals surface area contributed by atoms with E-state index >= 15 is 0 Å². The van der Waals surface area contributed by atoms with Crippen molar-refractivity contribution in [3.63, 3.8) is 0 Å². The van der Waals surface area contributed by atoms with Gasteiger partial charge in [0.25, 0.3) is 5.91 Å². The van der Waals surface area contributed by atoms with Gasteiger partial charge in [-0.2, -0.15) is 11.8 Å². The fourth-order valence-electron chi connectivity index (χ4n) is 1.60. The molecule has 0 aliphatic heterocycles. The van der Waals surface area contributed by atoms with E-state index in [1.54, 1.807) is 6.92 Å². The molecule has 1 atom stereocenters. The minimum Gasteiger partial charge on any atom is -0.480 e. The van der Waals surface area contributed by atoms with Gasteiger partial charge in [-0.15, -0.1) is 0 Å². The molecule has 0 saturated heterocycles. The van der Waals surface area contributed by atoms with Crippen molar-refractivity contribution in [3.8, 4) is 0 Å². The van der Waals surface area contributed by atoms with E-state index in [2.05, 4.69) is 5.32 Å². The van der Waals surface area contributed by atoms with Crippen LogP contribution in [0.3, 0.4) is 0 Å². The molecule has 0 unspecified atom stereocenters. The maximum Gasteiger partial charge on any atom is 0.326 e. The van der Waals surface area contributed by atoms with E-state index in [-0.39, 0.29) is 5.56 Å². The fraction of sp³-hybridized carbons (Fsp3) is 0.385. The van der Waals surface area contributed by atoms with E-state index in [9.17, 15) is 14.0 Å². The van der Waals surface area contributed by atoms with Gasteiger partial charge < -0.3 is 10.4 Å². The third-order valence-corrected chi connectivity index (χ3v) is 3.16. The van der Waals surface area contributed by atoms with Crippen molar-refractivity contribution in [3.05, 3.63) is 35.1 Å². The number of carbonyl (C=O) groups excluding carboxylic acids is 1. The lowest BCUT2D eigenvalue weighted by molar-refractivity contribution is -0.139. The van der Waals surface area contributed by atoms with Gasteiger partial charge in [-0.25, -0.2) is 9.18 Å². The highest BCUT2D eigenvalue weighted by atomic mass is 32.2. The van der Waals surface area contributed by atoms with Gasteiger partial charge in [-0.3, -0.25) is 4.79 Å². The topological polar surface area (TPSA) is 66.4 Å². The van der Waals surface area contributed by atoms with Crippen LogP contribution in [0.1, 0.15) is 22.3 Å². The summed E-state index contributed by atoms with van der Waals surface area (Å²) in [6.07, 6.45) is 2.19. The average molecular weight is 285 g/mol. The summed E-state index contributed by atoms with van der Waals surface area (Å²) in [7, 11) is 0. The Morgan fingerprint density at radius 1 is 1.42 bits per heavy atom. The Hall–Kier alpha value is -1.56. The number of halogens is 1. The summed E-state index contributed by atoms with van der Waals surface area (Å²) in [5, 5.41) is 11.4. The van der Waals surface area contributed by atoms with E-state index in [1.165, 1.54) is 23.9 Å². The minimum absolute atomic E-state index is 0.132. The van der Waals surface area contributed by atoms with Crippen molar-refractivity contribution >= 4 is 23.6 Å². The first-order valence-corrected chi connectivity index (χ1v) is 7.13. The minimum atomic E-state index is -1.09. The normalized spacial score (nSPS) is 11.9. The molecule has 0 fully saturated rings. The lowest BCUT2D eigenvalue weighted by atomic mass is 10.1. The van der Waals surface area contributed by atoms with Crippen LogP contribution in [-0.2, 0) is 4.79 Å². The van der Waals surface area contributed by atoms with Crippen LogP contribution in [0.2, 0.25) is 0 Å². The lowest BCUT2D eigenvalue weighted by Gasteiger charge is -2.14. The largest absolute Gasteiger partial charge is 0.480 e. The second-order valence-corrected chi connectivity index (χ2v) is 5.15. The molecule has 0 radical (unpaired) electrons. The molecule has 0 aliphatic rings. The summed E-state index contributed by atoms with van der Waals surface area (Å²) >= 11 is 1.50. The van der Waals surface area contributed by atoms with Gasteiger partial charge in [0.1, 0.15) is 11.9 Å². The zero-order valence-corrected chi connectivity index (χ0v) is 11.6. The van der Waals surface area contributed by atoms with Gasteiger partial charge in [0.15, 0.2) is 0 Å². The van der Waals surface area contributed by atoms with Crippen molar-refractivity contribution < 1.29 is 19.1 Å². The molecule has 0 saturated carbocycles.